The maximum Gasteiger partial charge on any atom is 0.220 e. The molecule has 1 fully saturated rings. The summed E-state index contributed by atoms with van der Waals surface area (Å²) in [6.45, 7) is 3.80. The maximum atomic E-state index is 13.1. The van der Waals surface area contributed by atoms with Crippen LogP contribution in [0.4, 0.5) is 0 Å². The normalized spacial score (nSPS) is 18.2. The van der Waals surface area contributed by atoms with E-state index in [2.05, 4.69) is 67.8 Å². The van der Waals surface area contributed by atoms with Gasteiger partial charge in [0.25, 0.3) is 0 Å². The molecule has 9 nitrogen and oxygen atoms in total. The van der Waals surface area contributed by atoms with Crippen LogP contribution in [-0.2, 0) is 14.3 Å². The maximum absolute atomic E-state index is 13.1. The molecule has 7 atom stereocenters. The van der Waals surface area contributed by atoms with Crippen molar-refractivity contribution in [2.75, 3.05) is 13.2 Å². The second-order valence-electron chi connectivity index (χ2n) is 26.8. The summed E-state index contributed by atoms with van der Waals surface area (Å²) in [5, 5.41) is 54.8. The highest BCUT2D eigenvalue weighted by molar-refractivity contribution is 5.76. The zero-order chi connectivity index (χ0) is 63.5. The van der Waals surface area contributed by atoms with Gasteiger partial charge in [-0.3, -0.25) is 4.79 Å². The molecule has 0 aliphatic carbocycles. The van der Waals surface area contributed by atoms with Gasteiger partial charge in [-0.2, -0.15) is 0 Å². The highest BCUT2D eigenvalue weighted by Crippen LogP contribution is 2.24. The Morgan fingerprint density at radius 3 is 1.02 bits per heavy atom. The Morgan fingerprint density at radius 1 is 0.386 bits per heavy atom. The first-order valence-corrected chi connectivity index (χ1v) is 38.5. The predicted molar refractivity (Wildman–Crippen MR) is 378 cm³/mol. The molecule has 1 rings (SSSR count). The SMILES string of the molecule is CCCCCCC/C=C\C/C=C\CCCCCCCCCCCCCCCCCCCCCCCCCCCC(=O)NC(COC1OC(CO)C(O)C(O)C1O)C(O)/C=C/CC/C=C/CC/C=C/CCCCCCCCCCCCCCCCCCCC. The van der Waals surface area contributed by atoms with E-state index in [9.17, 15) is 30.3 Å². The van der Waals surface area contributed by atoms with Gasteiger partial charge in [-0.15, -0.1) is 0 Å². The Balaban J connectivity index is 2.10. The summed E-state index contributed by atoms with van der Waals surface area (Å²) in [7, 11) is 0. The van der Waals surface area contributed by atoms with E-state index in [-0.39, 0.29) is 12.5 Å². The summed E-state index contributed by atoms with van der Waals surface area (Å²) in [6, 6.07) is -0.830. The number of carbonyl (C=O) groups is 1. The number of amides is 1. The van der Waals surface area contributed by atoms with Gasteiger partial charge in [-0.25, -0.2) is 0 Å². The number of unbranched alkanes of at least 4 members (excludes halogenated alkanes) is 50. The first-order valence-electron chi connectivity index (χ1n) is 38.5. The first kappa shape index (κ1) is 83.9. The minimum Gasteiger partial charge on any atom is -0.394 e. The van der Waals surface area contributed by atoms with Crippen molar-refractivity contribution in [2.45, 2.75) is 423 Å². The molecule has 0 bridgehead atoms. The fourth-order valence-electron chi connectivity index (χ4n) is 12.3. The molecular weight excluding hydrogens is 1090 g/mol. The lowest BCUT2D eigenvalue weighted by molar-refractivity contribution is -0.302. The number of ether oxygens (including phenoxy) is 2. The van der Waals surface area contributed by atoms with Gasteiger partial charge in [0.05, 0.1) is 25.4 Å². The third-order valence-electron chi connectivity index (χ3n) is 18.3. The molecule has 516 valence electrons. The molecule has 0 aromatic rings. The number of hydrogen-bond acceptors (Lipinski definition) is 8. The average molecular weight is 1240 g/mol. The number of aliphatic hydroxyl groups excluding tert-OH is 5. The summed E-state index contributed by atoms with van der Waals surface area (Å²) in [6.07, 6.45) is 87.9. The van der Waals surface area contributed by atoms with Crippen molar-refractivity contribution >= 4 is 5.91 Å². The number of rotatable bonds is 68. The molecule has 7 unspecified atom stereocenters. The number of hydrogen-bond donors (Lipinski definition) is 6. The van der Waals surface area contributed by atoms with Crippen LogP contribution in [0.15, 0.2) is 60.8 Å². The fraction of sp³-hybridized carbons (Fsp3) is 0.861. The molecule has 6 N–H and O–H groups in total. The van der Waals surface area contributed by atoms with E-state index in [4.69, 9.17) is 9.47 Å². The van der Waals surface area contributed by atoms with Crippen LogP contribution in [0, 0.1) is 0 Å². The Hall–Kier alpha value is -2.11. The van der Waals surface area contributed by atoms with E-state index in [1.807, 2.05) is 6.08 Å². The minimum atomic E-state index is -1.58. The number of carbonyl (C=O) groups excluding carboxylic acids is 1. The van der Waals surface area contributed by atoms with Crippen molar-refractivity contribution in [1.29, 1.82) is 0 Å². The number of aliphatic hydroxyl groups is 5. The fourth-order valence-corrected chi connectivity index (χ4v) is 12.3. The molecule has 1 saturated heterocycles. The van der Waals surface area contributed by atoms with Crippen LogP contribution in [0.3, 0.4) is 0 Å². The van der Waals surface area contributed by atoms with E-state index in [1.54, 1.807) is 6.08 Å². The third-order valence-corrected chi connectivity index (χ3v) is 18.3. The van der Waals surface area contributed by atoms with Crippen LogP contribution in [0.2, 0.25) is 0 Å². The van der Waals surface area contributed by atoms with Crippen molar-refractivity contribution in [3.05, 3.63) is 60.8 Å². The standard InChI is InChI=1S/C79H147NO8/c1-3-5-7-9-11-13-15-17-19-21-23-25-27-29-31-33-34-35-36-37-38-39-40-41-43-45-47-49-51-53-55-57-59-61-63-65-67-69-75(83)80-72(71-87-79-78(86)77(85)76(84)74(70-81)88-79)73(82)68-66-64-62-60-58-56-54-52-50-48-46-44-42-32-30-28-26-24-22-20-18-16-14-12-10-8-6-4-2/h15,17,21,23,50,52,58,60,66,68,72-74,76-79,81-82,84-86H,3-14,16,18-20,22,24-49,51,53-57,59,61-65,67,69-71H2,1-2H3,(H,80,83)/b17-15-,23-21-,52-50+,60-58+,68-66+. The van der Waals surface area contributed by atoms with Gasteiger partial charge in [0, 0.05) is 6.42 Å². The van der Waals surface area contributed by atoms with Crippen LogP contribution in [0.1, 0.15) is 380 Å². The topological polar surface area (TPSA) is 149 Å². The van der Waals surface area contributed by atoms with Crippen molar-refractivity contribution in [3.63, 3.8) is 0 Å². The lowest BCUT2D eigenvalue weighted by atomic mass is 9.99. The zero-order valence-corrected chi connectivity index (χ0v) is 58.0. The summed E-state index contributed by atoms with van der Waals surface area (Å²) in [5.74, 6) is -0.184. The van der Waals surface area contributed by atoms with E-state index < -0.39 is 49.5 Å². The molecule has 1 amide bonds. The molecule has 0 radical (unpaired) electrons. The summed E-state index contributed by atoms with van der Waals surface area (Å²) >= 11 is 0. The smallest absolute Gasteiger partial charge is 0.220 e. The Kier molecular flexibility index (Phi) is 64.6. The first-order chi connectivity index (χ1) is 43.3. The minimum absolute atomic E-state index is 0.184. The molecule has 0 saturated carbocycles. The van der Waals surface area contributed by atoms with Crippen LogP contribution in [0.25, 0.3) is 0 Å². The molecule has 1 heterocycles. The number of allylic oxidation sites excluding steroid dienone is 9. The quantitative estimate of drug-likeness (QED) is 0.0261. The van der Waals surface area contributed by atoms with Crippen molar-refractivity contribution in [3.8, 4) is 0 Å². The van der Waals surface area contributed by atoms with Gasteiger partial charge in [-0.1, -0.05) is 357 Å². The Bertz CT molecular complexity index is 1580. The highest BCUT2D eigenvalue weighted by Gasteiger charge is 2.44. The predicted octanol–water partition coefficient (Wildman–Crippen LogP) is 21.7. The Labute approximate surface area is 545 Å². The number of nitrogens with one attached hydrogen (secondary N) is 1. The van der Waals surface area contributed by atoms with Gasteiger partial charge in [0.1, 0.15) is 24.4 Å². The van der Waals surface area contributed by atoms with E-state index in [0.29, 0.717) is 6.42 Å². The van der Waals surface area contributed by atoms with Gasteiger partial charge in [0.15, 0.2) is 6.29 Å². The molecule has 1 aliphatic heterocycles. The second-order valence-corrected chi connectivity index (χ2v) is 26.8. The molecule has 88 heavy (non-hydrogen) atoms. The molecule has 0 spiro atoms. The van der Waals surface area contributed by atoms with Crippen molar-refractivity contribution in [2.24, 2.45) is 0 Å². The van der Waals surface area contributed by atoms with Crippen LogP contribution < -0.4 is 5.32 Å². The van der Waals surface area contributed by atoms with Gasteiger partial charge in [-0.05, 0) is 77.0 Å². The molecule has 0 aromatic carbocycles. The molecular formula is C79H147NO8. The van der Waals surface area contributed by atoms with Gasteiger partial charge < -0.3 is 40.3 Å². The second kappa shape index (κ2) is 67.8. The van der Waals surface area contributed by atoms with E-state index in [1.165, 1.54) is 308 Å². The van der Waals surface area contributed by atoms with Crippen LogP contribution in [-0.4, -0.2) is 87.5 Å². The third kappa shape index (κ3) is 55.5. The lowest BCUT2D eigenvalue weighted by Crippen LogP contribution is -2.60. The average Bonchev–Trinajstić information content (AvgIpc) is 3.29. The lowest BCUT2D eigenvalue weighted by Gasteiger charge is -2.40. The molecule has 0 aromatic heterocycles. The van der Waals surface area contributed by atoms with Gasteiger partial charge >= 0.3 is 0 Å². The van der Waals surface area contributed by atoms with Crippen molar-refractivity contribution in [1.82, 2.24) is 5.32 Å². The van der Waals surface area contributed by atoms with Crippen LogP contribution >= 0.6 is 0 Å². The van der Waals surface area contributed by atoms with Crippen molar-refractivity contribution < 1.29 is 39.8 Å². The summed E-state index contributed by atoms with van der Waals surface area (Å²) < 4.78 is 11.3. The van der Waals surface area contributed by atoms with Gasteiger partial charge in [0.2, 0.25) is 5.91 Å². The summed E-state index contributed by atoms with van der Waals surface area (Å²) in [5.41, 5.74) is 0. The van der Waals surface area contributed by atoms with E-state index >= 15 is 0 Å². The summed E-state index contributed by atoms with van der Waals surface area (Å²) in [4.78, 5) is 13.1. The monoisotopic (exact) mass is 1240 g/mol. The van der Waals surface area contributed by atoms with Crippen LogP contribution in [0.5, 0.6) is 0 Å². The highest BCUT2D eigenvalue weighted by atomic mass is 16.7. The largest absolute Gasteiger partial charge is 0.394 e. The molecule has 9 heteroatoms. The van der Waals surface area contributed by atoms with E-state index in [0.717, 1.165) is 51.4 Å². The molecule has 1 aliphatic rings. The Morgan fingerprint density at radius 2 is 0.682 bits per heavy atom. The zero-order valence-electron chi connectivity index (χ0n) is 58.0.